The standard InChI is InChI=1S/C16H20F3N3O2/c17-16(18,19)13-4-1-3-11(7-13)9-22-10-12(8-14(22)23)15(24)21-6-2-5-20/h1,3-4,7,12H,2,5-6,8-10,20H2,(H,21,24). The second kappa shape index (κ2) is 7.65. The molecule has 2 rings (SSSR count). The van der Waals surface area contributed by atoms with E-state index in [2.05, 4.69) is 5.32 Å². The molecule has 1 fully saturated rings. The molecule has 0 spiro atoms. The molecule has 3 N–H and O–H groups in total. The number of nitrogens with one attached hydrogen (secondary N) is 1. The summed E-state index contributed by atoms with van der Waals surface area (Å²) in [7, 11) is 0. The van der Waals surface area contributed by atoms with Gasteiger partial charge in [0.15, 0.2) is 0 Å². The van der Waals surface area contributed by atoms with Crippen LogP contribution >= 0.6 is 0 Å². The van der Waals surface area contributed by atoms with Gasteiger partial charge < -0.3 is 16.0 Å². The van der Waals surface area contributed by atoms with E-state index in [1.807, 2.05) is 0 Å². The van der Waals surface area contributed by atoms with Gasteiger partial charge in [-0.3, -0.25) is 9.59 Å². The Balaban J connectivity index is 1.96. The van der Waals surface area contributed by atoms with Crippen molar-refractivity contribution >= 4 is 11.8 Å². The van der Waals surface area contributed by atoms with E-state index in [1.54, 1.807) is 0 Å². The summed E-state index contributed by atoms with van der Waals surface area (Å²) in [5.74, 6) is -0.921. The number of nitrogens with two attached hydrogens (primary N) is 1. The Morgan fingerprint density at radius 1 is 1.38 bits per heavy atom. The lowest BCUT2D eigenvalue weighted by atomic mass is 10.1. The largest absolute Gasteiger partial charge is 0.416 e. The molecule has 132 valence electrons. The van der Waals surface area contributed by atoms with Crippen LogP contribution in [0.4, 0.5) is 13.2 Å². The van der Waals surface area contributed by atoms with Crippen molar-refractivity contribution in [3.63, 3.8) is 0 Å². The molecule has 0 saturated carbocycles. The van der Waals surface area contributed by atoms with Gasteiger partial charge in [0.25, 0.3) is 0 Å². The van der Waals surface area contributed by atoms with E-state index in [4.69, 9.17) is 5.73 Å². The van der Waals surface area contributed by atoms with E-state index in [0.29, 0.717) is 25.1 Å². The van der Waals surface area contributed by atoms with Gasteiger partial charge in [0.1, 0.15) is 0 Å². The lowest BCUT2D eigenvalue weighted by molar-refractivity contribution is -0.137. The number of benzene rings is 1. The second-order valence-corrected chi connectivity index (χ2v) is 5.81. The average molecular weight is 343 g/mol. The van der Waals surface area contributed by atoms with Crippen molar-refractivity contribution in [2.24, 2.45) is 11.7 Å². The van der Waals surface area contributed by atoms with Crippen LogP contribution in [0, 0.1) is 5.92 Å². The van der Waals surface area contributed by atoms with E-state index >= 15 is 0 Å². The minimum Gasteiger partial charge on any atom is -0.356 e. The van der Waals surface area contributed by atoms with E-state index in [1.165, 1.54) is 17.0 Å². The van der Waals surface area contributed by atoms with Crippen LogP contribution in [0.15, 0.2) is 24.3 Å². The highest BCUT2D eigenvalue weighted by atomic mass is 19.4. The lowest BCUT2D eigenvalue weighted by Gasteiger charge is -2.17. The van der Waals surface area contributed by atoms with Crippen molar-refractivity contribution < 1.29 is 22.8 Å². The van der Waals surface area contributed by atoms with Gasteiger partial charge in [-0.25, -0.2) is 0 Å². The predicted octanol–water partition coefficient (Wildman–Crippen LogP) is 1.52. The van der Waals surface area contributed by atoms with E-state index in [-0.39, 0.29) is 31.3 Å². The first-order valence-corrected chi connectivity index (χ1v) is 7.73. The summed E-state index contributed by atoms with van der Waals surface area (Å²) in [6.07, 6.45) is -3.69. The molecule has 1 saturated heterocycles. The molecule has 0 bridgehead atoms. The van der Waals surface area contributed by atoms with Crippen molar-refractivity contribution in [1.82, 2.24) is 10.2 Å². The molecule has 1 unspecified atom stereocenters. The Morgan fingerprint density at radius 2 is 2.12 bits per heavy atom. The van der Waals surface area contributed by atoms with Crippen LogP contribution in [-0.4, -0.2) is 36.3 Å². The second-order valence-electron chi connectivity index (χ2n) is 5.81. The molecule has 1 heterocycles. The van der Waals surface area contributed by atoms with Crippen molar-refractivity contribution in [3.8, 4) is 0 Å². The molecule has 2 amide bonds. The summed E-state index contributed by atoms with van der Waals surface area (Å²) < 4.78 is 38.2. The molecule has 1 aromatic carbocycles. The minimum atomic E-state index is -4.42. The molecule has 0 aromatic heterocycles. The summed E-state index contributed by atoms with van der Waals surface area (Å²) in [6, 6.07) is 4.87. The molecule has 0 aliphatic carbocycles. The molecule has 0 radical (unpaired) electrons. The third-order valence-electron chi connectivity index (χ3n) is 3.89. The summed E-state index contributed by atoms with van der Waals surface area (Å²) in [5.41, 5.74) is 4.99. The summed E-state index contributed by atoms with van der Waals surface area (Å²) in [5, 5.41) is 2.71. The number of rotatable bonds is 6. The Labute approximate surface area is 138 Å². The van der Waals surface area contributed by atoms with Gasteiger partial charge in [-0.1, -0.05) is 12.1 Å². The van der Waals surface area contributed by atoms with E-state index in [9.17, 15) is 22.8 Å². The van der Waals surface area contributed by atoms with Gasteiger partial charge in [-0.15, -0.1) is 0 Å². The Kier molecular flexibility index (Phi) is 5.82. The van der Waals surface area contributed by atoms with E-state index < -0.39 is 17.7 Å². The molecular weight excluding hydrogens is 323 g/mol. The molecule has 24 heavy (non-hydrogen) atoms. The van der Waals surface area contributed by atoms with Gasteiger partial charge >= 0.3 is 6.18 Å². The molecule has 1 aliphatic heterocycles. The summed E-state index contributed by atoms with van der Waals surface area (Å²) in [4.78, 5) is 25.4. The Bertz CT molecular complexity index is 604. The zero-order chi connectivity index (χ0) is 17.7. The first-order valence-electron chi connectivity index (χ1n) is 7.73. The molecule has 1 aliphatic rings. The Morgan fingerprint density at radius 3 is 2.79 bits per heavy atom. The number of nitrogens with zero attached hydrogens (tertiary/aromatic N) is 1. The van der Waals surface area contributed by atoms with Gasteiger partial charge in [0.2, 0.25) is 11.8 Å². The van der Waals surface area contributed by atoms with Crippen molar-refractivity contribution in [1.29, 1.82) is 0 Å². The van der Waals surface area contributed by atoms with Crippen LogP contribution in [0.1, 0.15) is 24.0 Å². The number of carbonyl (C=O) groups excluding carboxylic acids is 2. The van der Waals surface area contributed by atoms with Crippen LogP contribution in [0.3, 0.4) is 0 Å². The van der Waals surface area contributed by atoms with Gasteiger partial charge in [-0.05, 0) is 30.7 Å². The van der Waals surface area contributed by atoms with Gasteiger partial charge in [0, 0.05) is 26.1 Å². The number of likely N-dealkylation sites (tertiary alicyclic amines) is 1. The minimum absolute atomic E-state index is 0.0648. The average Bonchev–Trinajstić information content (AvgIpc) is 2.88. The fraction of sp³-hybridized carbons (Fsp3) is 0.500. The topological polar surface area (TPSA) is 75.4 Å². The Hall–Kier alpha value is -2.09. The molecular formula is C16H20F3N3O2. The SMILES string of the molecule is NCCCNC(=O)C1CC(=O)N(Cc2cccc(C(F)(F)F)c2)C1. The zero-order valence-electron chi connectivity index (χ0n) is 13.1. The quantitative estimate of drug-likeness (QED) is 0.769. The normalized spacial score (nSPS) is 18.1. The fourth-order valence-electron chi connectivity index (χ4n) is 2.63. The van der Waals surface area contributed by atoms with Crippen molar-refractivity contribution in [2.75, 3.05) is 19.6 Å². The van der Waals surface area contributed by atoms with Crippen LogP contribution in [0.2, 0.25) is 0 Å². The maximum atomic E-state index is 12.7. The number of amides is 2. The molecule has 1 aromatic rings. The number of alkyl halides is 3. The maximum absolute atomic E-state index is 12.7. The number of halogens is 3. The maximum Gasteiger partial charge on any atom is 0.416 e. The van der Waals surface area contributed by atoms with Crippen LogP contribution < -0.4 is 11.1 Å². The highest BCUT2D eigenvalue weighted by Gasteiger charge is 2.35. The molecule has 1 atom stereocenters. The van der Waals surface area contributed by atoms with Crippen LogP contribution in [0.5, 0.6) is 0 Å². The van der Waals surface area contributed by atoms with Crippen molar-refractivity contribution in [2.45, 2.75) is 25.6 Å². The highest BCUT2D eigenvalue weighted by molar-refractivity contribution is 5.89. The predicted molar refractivity (Wildman–Crippen MR) is 81.6 cm³/mol. The number of carbonyl (C=O) groups is 2. The third kappa shape index (κ3) is 4.70. The van der Waals surface area contributed by atoms with Gasteiger partial charge in [-0.2, -0.15) is 13.2 Å². The highest BCUT2D eigenvalue weighted by Crippen LogP contribution is 2.30. The molecule has 8 heteroatoms. The van der Waals surface area contributed by atoms with Crippen molar-refractivity contribution in [3.05, 3.63) is 35.4 Å². The fourth-order valence-corrected chi connectivity index (χ4v) is 2.63. The number of hydrogen-bond acceptors (Lipinski definition) is 3. The lowest BCUT2D eigenvalue weighted by Crippen LogP contribution is -2.34. The monoisotopic (exact) mass is 343 g/mol. The first-order chi connectivity index (χ1) is 11.3. The van der Waals surface area contributed by atoms with Gasteiger partial charge in [0.05, 0.1) is 11.5 Å². The third-order valence-corrected chi connectivity index (χ3v) is 3.89. The number of hydrogen-bond donors (Lipinski definition) is 2. The molecule has 5 nitrogen and oxygen atoms in total. The summed E-state index contributed by atoms with van der Waals surface area (Å²) in [6.45, 7) is 1.19. The zero-order valence-corrected chi connectivity index (χ0v) is 13.1. The van der Waals surface area contributed by atoms with Crippen LogP contribution in [-0.2, 0) is 22.3 Å². The summed E-state index contributed by atoms with van der Waals surface area (Å²) >= 11 is 0. The van der Waals surface area contributed by atoms with Crippen LogP contribution in [0.25, 0.3) is 0 Å². The van der Waals surface area contributed by atoms with E-state index in [0.717, 1.165) is 12.1 Å². The first kappa shape index (κ1) is 18.3. The smallest absolute Gasteiger partial charge is 0.356 e.